The molecule has 4 rings (SSSR count). The molecule has 7 nitrogen and oxygen atoms in total. The molecule has 2 aliphatic carbocycles. The summed E-state index contributed by atoms with van der Waals surface area (Å²) in [5.74, 6) is 1.30. The third-order valence-corrected chi connectivity index (χ3v) is 5.41. The maximum absolute atomic E-state index is 12.9. The van der Waals surface area contributed by atoms with Crippen LogP contribution in [-0.4, -0.2) is 35.1 Å². The molecular formula is C19H22BN4O3. The summed E-state index contributed by atoms with van der Waals surface area (Å²) in [6.45, 7) is 0. The maximum atomic E-state index is 12.9. The third-order valence-electron chi connectivity index (χ3n) is 5.41. The predicted octanol–water partition coefficient (Wildman–Crippen LogP) is 1.31. The highest BCUT2D eigenvalue weighted by atomic mass is 16.2. The standard InChI is InChI=1S/C19H22BN4O3/c25-11-20-23-17(16(12-1-2-12)13-3-4-13)18(26)22-14-5-7-15(8-6-14)24-10-9-21-19(24)27/h5-13,16-17,23H,1-4H2,(H,21,27)(H,22,26)/t17-/m0/s1. The Hall–Kier alpha value is -2.61. The van der Waals surface area contributed by atoms with Crippen molar-refractivity contribution in [2.45, 2.75) is 31.7 Å². The number of imidazole rings is 1. The first-order valence-electron chi connectivity index (χ1n) is 9.38. The van der Waals surface area contributed by atoms with Crippen molar-refractivity contribution < 1.29 is 9.59 Å². The number of hydrogen-bond acceptors (Lipinski definition) is 4. The van der Waals surface area contributed by atoms with Crippen LogP contribution >= 0.6 is 0 Å². The average molecular weight is 365 g/mol. The molecule has 0 bridgehead atoms. The number of anilines is 1. The molecule has 0 saturated heterocycles. The summed E-state index contributed by atoms with van der Waals surface area (Å²) in [6, 6.07) is 6.71. The van der Waals surface area contributed by atoms with Gasteiger partial charge in [-0.2, -0.15) is 0 Å². The summed E-state index contributed by atoms with van der Waals surface area (Å²) in [7, 11) is 1.32. The zero-order valence-corrected chi connectivity index (χ0v) is 14.9. The largest absolute Gasteiger partial charge is 0.343 e. The van der Waals surface area contributed by atoms with E-state index in [2.05, 4.69) is 15.5 Å². The van der Waals surface area contributed by atoms with E-state index in [4.69, 9.17) is 0 Å². The number of carbonyl (C=O) groups is 2. The molecule has 2 aromatic rings. The molecule has 2 aliphatic rings. The Balaban J connectivity index is 1.47. The molecule has 1 heterocycles. The fraction of sp³-hybridized carbons (Fsp3) is 0.421. The van der Waals surface area contributed by atoms with Crippen LogP contribution in [-0.2, 0) is 9.59 Å². The number of nitrogens with zero attached hydrogens (tertiary/aromatic N) is 1. The third kappa shape index (κ3) is 4.05. The molecule has 139 valence electrons. The van der Waals surface area contributed by atoms with Crippen LogP contribution in [0.3, 0.4) is 0 Å². The van der Waals surface area contributed by atoms with E-state index in [9.17, 15) is 14.4 Å². The van der Waals surface area contributed by atoms with Gasteiger partial charge < -0.3 is 20.3 Å². The zero-order chi connectivity index (χ0) is 18.8. The van der Waals surface area contributed by atoms with Gasteiger partial charge in [0.1, 0.15) is 0 Å². The Bertz CT molecular complexity index is 856. The normalized spacial score (nSPS) is 17.5. The molecule has 2 fully saturated rings. The molecule has 0 unspecified atom stereocenters. The number of amides is 1. The van der Waals surface area contributed by atoms with E-state index in [1.807, 2.05) is 0 Å². The van der Waals surface area contributed by atoms with Gasteiger partial charge in [0, 0.05) is 18.1 Å². The van der Waals surface area contributed by atoms with Crippen molar-refractivity contribution in [2.24, 2.45) is 17.8 Å². The van der Waals surface area contributed by atoms with Gasteiger partial charge in [-0.3, -0.25) is 9.36 Å². The minimum Gasteiger partial charge on any atom is -0.343 e. The average Bonchev–Trinajstić information content (AvgIpc) is 3.59. The van der Waals surface area contributed by atoms with Crippen molar-refractivity contribution >= 4 is 25.2 Å². The molecule has 1 aromatic carbocycles. The summed E-state index contributed by atoms with van der Waals surface area (Å²) in [6.07, 6.45) is 8.55. The second-order valence-electron chi connectivity index (χ2n) is 7.37. The number of carbonyl (C=O) groups excluding carboxylic acids is 2. The summed E-state index contributed by atoms with van der Waals surface area (Å²) in [5.41, 5.74) is 1.17. The van der Waals surface area contributed by atoms with Gasteiger partial charge in [0.05, 0.1) is 17.9 Å². The van der Waals surface area contributed by atoms with Crippen molar-refractivity contribution in [3.8, 4) is 5.69 Å². The fourth-order valence-corrected chi connectivity index (χ4v) is 3.85. The quantitative estimate of drug-likeness (QED) is 0.461. The number of H-pyrrole nitrogens is 1. The number of rotatable bonds is 9. The first-order valence-corrected chi connectivity index (χ1v) is 9.38. The summed E-state index contributed by atoms with van der Waals surface area (Å²) in [5, 5.41) is 5.97. The van der Waals surface area contributed by atoms with E-state index < -0.39 is 6.04 Å². The lowest BCUT2D eigenvalue weighted by atomic mass is 9.84. The van der Waals surface area contributed by atoms with E-state index in [1.165, 1.54) is 12.0 Å². The van der Waals surface area contributed by atoms with E-state index in [0.29, 0.717) is 23.7 Å². The van der Waals surface area contributed by atoms with Crippen LogP contribution in [0.1, 0.15) is 25.7 Å². The maximum Gasteiger partial charge on any atom is 0.330 e. The van der Waals surface area contributed by atoms with Gasteiger partial charge >= 0.3 is 5.69 Å². The van der Waals surface area contributed by atoms with Gasteiger partial charge in [0.25, 0.3) is 7.41 Å². The minimum atomic E-state index is -0.401. The zero-order valence-electron chi connectivity index (χ0n) is 14.9. The molecule has 0 aliphatic heterocycles. The number of aromatic nitrogens is 2. The highest BCUT2D eigenvalue weighted by Gasteiger charge is 2.47. The second kappa shape index (κ2) is 7.56. The van der Waals surface area contributed by atoms with Gasteiger partial charge in [-0.25, -0.2) is 4.79 Å². The van der Waals surface area contributed by atoms with E-state index in [0.717, 1.165) is 31.4 Å². The second-order valence-corrected chi connectivity index (χ2v) is 7.37. The van der Waals surface area contributed by atoms with Crippen LogP contribution in [0.15, 0.2) is 41.5 Å². The number of nitrogens with one attached hydrogen (secondary N) is 3. The van der Waals surface area contributed by atoms with Crippen LogP contribution in [0, 0.1) is 17.8 Å². The van der Waals surface area contributed by atoms with E-state index >= 15 is 0 Å². The van der Waals surface area contributed by atoms with Crippen LogP contribution < -0.4 is 16.2 Å². The summed E-state index contributed by atoms with van der Waals surface area (Å²) >= 11 is 0. The predicted molar refractivity (Wildman–Crippen MR) is 103 cm³/mol. The minimum absolute atomic E-state index is 0.122. The van der Waals surface area contributed by atoms with Crippen molar-refractivity contribution in [1.29, 1.82) is 0 Å². The highest BCUT2D eigenvalue weighted by Crippen LogP contribution is 2.50. The lowest BCUT2D eigenvalue weighted by Gasteiger charge is -2.27. The van der Waals surface area contributed by atoms with Crippen LogP contribution in [0.25, 0.3) is 5.69 Å². The smallest absolute Gasteiger partial charge is 0.330 e. The Morgan fingerprint density at radius 2 is 1.85 bits per heavy atom. The first kappa shape index (κ1) is 17.8. The van der Waals surface area contributed by atoms with Crippen molar-refractivity contribution in [3.05, 3.63) is 47.1 Å². The fourth-order valence-electron chi connectivity index (χ4n) is 3.85. The molecule has 1 radical (unpaired) electrons. The number of hydrogen-bond donors (Lipinski definition) is 3. The molecule has 2 saturated carbocycles. The van der Waals surface area contributed by atoms with E-state index in [1.54, 1.807) is 36.7 Å². The first-order chi connectivity index (χ1) is 13.2. The number of aromatic amines is 1. The topological polar surface area (TPSA) is 96.0 Å². The summed E-state index contributed by atoms with van der Waals surface area (Å²) < 4.78 is 1.49. The van der Waals surface area contributed by atoms with Crippen LogP contribution in [0.5, 0.6) is 0 Å². The van der Waals surface area contributed by atoms with Crippen molar-refractivity contribution in [2.75, 3.05) is 5.32 Å². The van der Waals surface area contributed by atoms with Gasteiger partial charge in [-0.05, 0) is 67.7 Å². The van der Waals surface area contributed by atoms with Gasteiger partial charge in [0.2, 0.25) is 5.91 Å². The molecule has 8 heteroatoms. The molecule has 3 N–H and O–H groups in total. The van der Waals surface area contributed by atoms with Crippen LogP contribution in [0.4, 0.5) is 5.69 Å². The molecule has 1 atom stereocenters. The SMILES string of the molecule is O=C[B]N[C@H](C(=O)Nc1ccc(-n2cc[nH]c2=O)cc1)C(C1CC1)C1CC1. The Labute approximate surface area is 157 Å². The molecule has 1 aromatic heterocycles. The molecular weight excluding hydrogens is 343 g/mol. The van der Waals surface area contributed by atoms with Crippen molar-refractivity contribution in [1.82, 2.24) is 14.8 Å². The highest BCUT2D eigenvalue weighted by molar-refractivity contribution is 6.64. The Morgan fingerprint density at radius 3 is 2.37 bits per heavy atom. The Morgan fingerprint density at radius 1 is 1.19 bits per heavy atom. The van der Waals surface area contributed by atoms with Crippen LogP contribution in [0.2, 0.25) is 0 Å². The Kier molecular flexibility index (Phi) is 4.98. The molecule has 27 heavy (non-hydrogen) atoms. The van der Waals surface area contributed by atoms with Gasteiger partial charge in [-0.15, -0.1) is 0 Å². The van der Waals surface area contributed by atoms with Crippen molar-refractivity contribution in [3.63, 3.8) is 0 Å². The van der Waals surface area contributed by atoms with Gasteiger partial charge in [0.15, 0.2) is 0 Å². The lowest BCUT2D eigenvalue weighted by molar-refractivity contribution is -0.119. The lowest BCUT2D eigenvalue weighted by Crippen LogP contribution is -2.49. The molecule has 1 amide bonds. The van der Waals surface area contributed by atoms with Gasteiger partial charge in [-0.1, -0.05) is 0 Å². The monoisotopic (exact) mass is 365 g/mol. The summed E-state index contributed by atoms with van der Waals surface area (Å²) in [4.78, 5) is 38.0. The molecule has 0 spiro atoms. The van der Waals surface area contributed by atoms with E-state index in [-0.39, 0.29) is 17.5 Å². The number of benzene rings is 1.